The number of amides is 1. The van der Waals surface area contributed by atoms with Crippen LogP contribution in [0.25, 0.3) is 0 Å². The maximum atomic E-state index is 14.0. The Hall–Kier alpha value is -2.79. The van der Waals surface area contributed by atoms with Crippen molar-refractivity contribution in [2.45, 2.75) is 42.5 Å². The molecule has 1 unspecified atom stereocenters. The standard InChI is InChI=1S/C24H22B2F4N2O5/c1-34-20-18(35-12-13-9-22(29,30)10-13)3-2-17(31-20)21(33)32-5-4-23(14-6-15(27)8-16(28)7-14)19(11-32)36-24(25,26)37-23/h2-3,6-8,13,19H,4-5,9-12H2,1H3/t19?,23-/m1/s1. The van der Waals surface area contributed by atoms with Gasteiger partial charge in [-0.1, -0.05) is 0 Å². The van der Waals surface area contributed by atoms with Gasteiger partial charge < -0.3 is 23.8 Å². The number of hydrogen-bond acceptors (Lipinski definition) is 6. The lowest BCUT2D eigenvalue weighted by Gasteiger charge is -2.42. The third-order valence-electron chi connectivity index (χ3n) is 6.85. The molecule has 0 N–H and O–H groups in total. The number of ether oxygens (including phenoxy) is 4. The Morgan fingerprint density at radius 2 is 1.89 bits per heavy atom. The molecule has 7 nitrogen and oxygen atoms in total. The summed E-state index contributed by atoms with van der Waals surface area (Å²) in [6.07, 6.45) is -1.31. The predicted octanol–water partition coefficient (Wildman–Crippen LogP) is 2.90. The van der Waals surface area contributed by atoms with Gasteiger partial charge in [-0.25, -0.2) is 22.5 Å². The van der Waals surface area contributed by atoms with E-state index in [2.05, 4.69) is 4.98 Å². The highest BCUT2D eigenvalue weighted by molar-refractivity contribution is 6.38. The molecular weight excluding hydrogens is 494 g/mol. The van der Waals surface area contributed by atoms with E-state index in [0.717, 1.165) is 18.2 Å². The Balaban J connectivity index is 1.32. The fourth-order valence-electron chi connectivity index (χ4n) is 5.13. The van der Waals surface area contributed by atoms with Gasteiger partial charge in [-0.3, -0.25) is 4.79 Å². The van der Waals surface area contributed by atoms with Crippen LogP contribution in [0.15, 0.2) is 30.3 Å². The largest absolute Gasteiger partial charge is 0.488 e. The second-order valence-electron chi connectivity index (χ2n) is 9.62. The van der Waals surface area contributed by atoms with E-state index in [1.807, 2.05) is 0 Å². The lowest BCUT2D eigenvalue weighted by Crippen LogP contribution is -2.53. The molecule has 1 aromatic carbocycles. The molecule has 13 heteroatoms. The number of halogens is 4. The second kappa shape index (κ2) is 9.20. The molecule has 37 heavy (non-hydrogen) atoms. The number of alkyl halides is 2. The van der Waals surface area contributed by atoms with Crippen LogP contribution in [0, 0.1) is 17.6 Å². The molecule has 2 aromatic rings. The van der Waals surface area contributed by atoms with Crippen LogP contribution in [-0.2, 0) is 15.1 Å². The number of rotatable bonds is 6. The summed E-state index contributed by atoms with van der Waals surface area (Å²) in [6, 6.07) is 5.89. The van der Waals surface area contributed by atoms with E-state index in [-0.39, 0.29) is 67.8 Å². The Morgan fingerprint density at radius 1 is 1.19 bits per heavy atom. The molecular formula is C24H22B2F4N2O5. The molecule has 1 aliphatic carbocycles. The van der Waals surface area contributed by atoms with E-state index in [1.165, 1.54) is 24.1 Å². The number of methoxy groups -OCH3 is 1. The number of nitrogens with zero attached hydrogens (tertiary/aromatic N) is 2. The van der Waals surface area contributed by atoms with E-state index in [9.17, 15) is 22.4 Å². The van der Waals surface area contributed by atoms with E-state index in [4.69, 9.17) is 34.6 Å². The molecule has 5 rings (SSSR count). The third kappa shape index (κ3) is 5.03. The topological polar surface area (TPSA) is 70.1 Å². The molecule has 1 amide bonds. The van der Waals surface area contributed by atoms with Crippen molar-refractivity contribution in [3.63, 3.8) is 0 Å². The highest BCUT2D eigenvalue weighted by Crippen LogP contribution is 2.47. The first kappa shape index (κ1) is 25.8. The number of pyridine rings is 1. The van der Waals surface area contributed by atoms with Crippen molar-refractivity contribution in [3.05, 3.63) is 53.2 Å². The summed E-state index contributed by atoms with van der Waals surface area (Å²) in [5.41, 5.74) is -3.21. The van der Waals surface area contributed by atoms with Crippen LogP contribution in [-0.4, -0.2) is 75.9 Å². The van der Waals surface area contributed by atoms with Gasteiger partial charge in [0, 0.05) is 37.8 Å². The molecule has 4 radical (unpaired) electrons. The van der Waals surface area contributed by atoms with Crippen molar-refractivity contribution in [2.75, 3.05) is 26.8 Å². The normalized spacial score (nSPS) is 26.3. The zero-order valence-electron chi connectivity index (χ0n) is 19.9. The molecule has 2 aliphatic heterocycles. The van der Waals surface area contributed by atoms with Crippen LogP contribution < -0.4 is 9.47 Å². The van der Waals surface area contributed by atoms with Gasteiger partial charge in [0.25, 0.3) is 11.8 Å². The summed E-state index contributed by atoms with van der Waals surface area (Å²) in [7, 11) is 13.1. The molecule has 1 aromatic heterocycles. The molecule has 3 fully saturated rings. The van der Waals surface area contributed by atoms with Crippen molar-refractivity contribution in [1.82, 2.24) is 9.88 Å². The molecule has 1 saturated carbocycles. The first-order valence-electron chi connectivity index (χ1n) is 11.7. The first-order chi connectivity index (χ1) is 17.4. The number of piperidine rings is 1. The van der Waals surface area contributed by atoms with E-state index < -0.39 is 40.8 Å². The Labute approximate surface area is 213 Å². The average Bonchev–Trinajstić information content (AvgIpc) is 3.10. The van der Waals surface area contributed by atoms with Crippen LogP contribution in [0.3, 0.4) is 0 Å². The first-order valence-corrected chi connectivity index (χ1v) is 11.7. The molecule has 2 atom stereocenters. The molecule has 0 spiro atoms. The van der Waals surface area contributed by atoms with Gasteiger partial charge in [-0.15, -0.1) is 0 Å². The summed E-state index contributed by atoms with van der Waals surface area (Å²) >= 11 is 0. The Bertz CT molecular complexity index is 1190. The highest BCUT2D eigenvalue weighted by atomic mass is 19.3. The van der Waals surface area contributed by atoms with E-state index in [0.29, 0.717) is 0 Å². The molecule has 3 aliphatic rings. The maximum absolute atomic E-state index is 14.0. The van der Waals surface area contributed by atoms with Gasteiger partial charge in [-0.2, -0.15) is 0 Å². The molecule has 192 valence electrons. The lowest BCUT2D eigenvalue weighted by molar-refractivity contribution is -0.119. The maximum Gasteiger partial charge on any atom is 0.272 e. The van der Waals surface area contributed by atoms with Crippen LogP contribution >= 0.6 is 0 Å². The van der Waals surface area contributed by atoms with E-state index in [1.54, 1.807) is 0 Å². The number of aromatic nitrogens is 1. The number of fused-ring (bicyclic) bond motifs is 1. The summed E-state index contributed by atoms with van der Waals surface area (Å²) in [6.45, 7) is 0.144. The summed E-state index contributed by atoms with van der Waals surface area (Å²) in [5.74, 6) is -4.75. The molecule has 3 heterocycles. The van der Waals surface area contributed by atoms with Crippen LogP contribution in [0.1, 0.15) is 35.3 Å². The van der Waals surface area contributed by atoms with Gasteiger partial charge in [0.1, 0.15) is 44.7 Å². The van der Waals surface area contributed by atoms with Crippen molar-refractivity contribution in [2.24, 2.45) is 5.92 Å². The zero-order valence-corrected chi connectivity index (χ0v) is 19.9. The quantitative estimate of drug-likeness (QED) is 0.435. The number of carbonyl (C=O) groups excluding carboxylic acids is 1. The predicted molar refractivity (Wildman–Crippen MR) is 123 cm³/mol. The third-order valence-corrected chi connectivity index (χ3v) is 6.85. The minimum absolute atomic E-state index is 0.0295. The fourth-order valence-corrected chi connectivity index (χ4v) is 5.13. The second-order valence-corrected chi connectivity index (χ2v) is 9.62. The number of benzene rings is 1. The van der Waals surface area contributed by atoms with Crippen LogP contribution in [0.5, 0.6) is 11.6 Å². The smallest absolute Gasteiger partial charge is 0.272 e. The zero-order chi connectivity index (χ0) is 26.6. The van der Waals surface area contributed by atoms with Gasteiger partial charge in [0.15, 0.2) is 5.75 Å². The lowest BCUT2D eigenvalue weighted by atomic mass is 9.76. The van der Waals surface area contributed by atoms with Crippen molar-refractivity contribution >= 4 is 21.6 Å². The monoisotopic (exact) mass is 516 g/mol. The average molecular weight is 516 g/mol. The number of carbonyl (C=O) groups is 1. The van der Waals surface area contributed by atoms with Gasteiger partial charge in [0.05, 0.1) is 25.8 Å². The van der Waals surface area contributed by atoms with E-state index >= 15 is 0 Å². The molecule has 0 bridgehead atoms. The summed E-state index contributed by atoms with van der Waals surface area (Å²) in [5, 5.41) is 0. The van der Waals surface area contributed by atoms with Crippen molar-refractivity contribution in [1.29, 1.82) is 0 Å². The molecule has 2 saturated heterocycles. The van der Waals surface area contributed by atoms with Gasteiger partial charge in [0.2, 0.25) is 5.92 Å². The number of hydrogen-bond donors (Lipinski definition) is 0. The van der Waals surface area contributed by atoms with Crippen LogP contribution in [0.2, 0.25) is 0 Å². The summed E-state index contributed by atoms with van der Waals surface area (Å²) in [4.78, 5) is 18.9. The minimum Gasteiger partial charge on any atom is -0.488 e. The highest BCUT2D eigenvalue weighted by Gasteiger charge is 2.56. The fraction of sp³-hybridized carbons (Fsp3) is 0.500. The Kier molecular flexibility index (Phi) is 6.42. The van der Waals surface area contributed by atoms with Gasteiger partial charge in [-0.05, 0) is 29.8 Å². The van der Waals surface area contributed by atoms with Crippen molar-refractivity contribution < 1.29 is 41.3 Å². The number of likely N-dealkylation sites (tertiary alicyclic amines) is 1. The summed E-state index contributed by atoms with van der Waals surface area (Å²) < 4.78 is 76.3. The SMILES string of the molecule is [B]C1([B])OC2CN(C(=O)c3ccc(OCC4CC(F)(F)C4)c(OC)n3)CC[C@]2(c2cc(F)cc(F)c2)O1. The van der Waals surface area contributed by atoms with Crippen LogP contribution in [0.4, 0.5) is 17.6 Å². The van der Waals surface area contributed by atoms with Crippen molar-refractivity contribution in [3.8, 4) is 11.6 Å². The Morgan fingerprint density at radius 3 is 2.54 bits per heavy atom. The minimum atomic E-state index is -2.65. The van der Waals surface area contributed by atoms with Gasteiger partial charge >= 0.3 is 0 Å².